The predicted molar refractivity (Wildman–Crippen MR) is 105 cm³/mol. The first kappa shape index (κ1) is 19.1. The Labute approximate surface area is 169 Å². The van der Waals surface area contributed by atoms with Crippen molar-refractivity contribution in [3.8, 4) is 11.4 Å². The summed E-state index contributed by atoms with van der Waals surface area (Å²) in [5, 5.41) is 11.4. The summed E-state index contributed by atoms with van der Waals surface area (Å²) in [6, 6.07) is 10.1. The summed E-state index contributed by atoms with van der Waals surface area (Å²) in [4.78, 5) is 16.2. The van der Waals surface area contributed by atoms with Crippen LogP contribution in [-0.2, 0) is 6.54 Å². The Balaban J connectivity index is 2.20. The first-order valence-corrected chi connectivity index (χ1v) is 8.99. The molecule has 2 aromatic carbocycles. The van der Waals surface area contributed by atoms with Gasteiger partial charge in [0.05, 0.1) is 22.3 Å². The highest BCUT2D eigenvalue weighted by Gasteiger charge is 2.22. The van der Waals surface area contributed by atoms with Gasteiger partial charge in [-0.05, 0) is 48.9 Å². The van der Waals surface area contributed by atoms with Crippen LogP contribution in [0.4, 0.5) is 0 Å². The molecule has 3 aromatic rings. The summed E-state index contributed by atoms with van der Waals surface area (Å²) in [6.07, 6.45) is 0. The Morgan fingerprint density at radius 2 is 1.73 bits per heavy atom. The number of aromatic carboxylic acids is 1. The van der Waals surface area contributed by atoms with Gasteiger partial charge in [0.1, 0.15) is 5.82 Å². The van der Waals surface area contributed by atoms with Crippen LogP contribution >= 0.6 is 46.4 Å². The molecule has 0 saturated carbocycles. The van der Waals surface area contributed by atoms with Crippen LogP contribution in [0.15, 0.2) is 36.4 Å². The lowest BCUT2D eigenvalue weighted by Gasteiger charge is -2.12. The van der Waals surface area contributed by atoms with E-state index >= 15 is 0 Å². The first-order chi connectivity index (χ1) is 12.3. The second-order valence-electron chi connectivity index (χ2n) is 5.63. The van der Waals surface area contributed by atoms with Crippen molar-refractivity contribution in [2.24, 2.45) is 0 Å². The van der Waals surface area contributed by atoms with E-state index in [1.807, 2.05) is 0 Å². The standard InChI is InChI=1S/C18H12Cl4N2O2/c1-9-16(18(25)26)24(8-11-6-12(19)3-5-13(11)20)17(23-9)10-2-4-14(21)15(22)7-10/h2-7H,8H2,1H3,(H,25,26). The molecule has 1 heterocycles. The number of carbonyl (C=O) groups is 1. The van der Waals surface area contributed by atoms with E-state index in [1.165, 1.54) is 0 Å². The van der Waals surface area contributed by atoms with Crippen molar-refractivity contribution in [1.29, 1.82) is 0 Å². The van der Waals surface area contributed by atoms with Gasteiger partial charge in [-0.25, -0.2) is 9.78 Å². The molecule has 8 heteroatoms. The molecule has 0 fully saturated rings. The van der Waals surface area contributed by atoms with Gasteiger partial charge < -0.3 is 9.67 Å². The number of hydrogen-bond donors (Lipinski definition) is 1. The molecular formula is C18H12Cl4N2O2. The van der Waals surface area contributed by atoms with Crippen molar-refractivity contribution in [2.45, 2.75) is 13.5 Å². The minimum Gasteiger partial charge on any atom is -0.477 e. The lowest BCUT2D eigenvalue weighted by Crippen LogP contribution is -2.12. The smallest absolute Gasteiger partial charge is 0.354 e. The number of aryl methyl sites for hydroxylation is 1. The second kappa shape index (κ2) is 7.49. The topological polar surface area (TPSA) is 55.1 Å². The maximum absolute atomic E-state index is 11.8. The van der Waals surface area contributed by atoms with Gasteiger partial charge in [-0.15, -0.1) is 0 Å². The number of imidazole rings is 1. The van der Waals surface area contributed by atoms with Crippen LogP contribution < -0.4 is 0 Å². The second-order valence-corrected chi connectivity index (χ2v) is 7.28. The lowest BCUT2D eigenvalue weighted by atomic mass is 10.2. The minimum absolute atomic E-state index is 0.0714. The highest BCUT2D eigenvalue weighted by molar-refractivity contribution is 6.42. The third-order valence-corrected chi connectivity index (χ3v) is 5.20. The number of carboxylic acid groups (broad SMARTS) is 1. The number of carboxylic acids is 1. The molecule has 0 bridgehead atoms. The van der Waals surface area contributed by atoms with E-state index in [-0.39, 0.29) is 12.2 Å². The van der Waals surface area contributed by atoms with Crippen LogP contribution in [0.2, 0.25) is 20.1 Å². The Morgan fingerprint density at radius 1 is 1.04 bits per heavy atom. The van der Waals surface area contributed by atoms with Crippen molar-refractivity contribution >= 4 is 52.4 Å². The third kappa shape index (κ3) is 3.69. The van der Waals surface area contributed by atoms with Crippen LogP contribution in [0.1, 0.15) is 21.7 Å². The lowest BCUT2D eigenvalue weighted by molar-refractivity contribution is 0.0685. The van der Waals surface area contributed by atoms with E-state index in [0.29, 0.717) is 42.7 Å². The molecule has 0 atom stereocenters. The maximum atomic E-state index is 11.8. The molecule has 0 spiro atoms. The summed E-state index contributed by atoms with van der Waals surface area (Å²) < 4.78 is 1.58. The summed E-state index contributed by atoms with van der Waals surface area (Å²) in [5.74, 6) is -0.631. The molecule has 0 radical (unpaired) electrons. The van der Waals surface area contributed by atoms with Crippen LogP contribution in [0, 0.1) is 6.92 Å². The minimum atomic E-state index is -1.08. The molecule has 134 valence electrons. The average Bonchev–Trinajstić information content (AvgIpc) is 2.90. The fraction of sp³-hybridized carbons (Fsp3) is 0.111. The molecule has 0 saturated heterocycles. The zero-order chi connectivity index (χ0) is 19.0. The number of nitrogens with zero attached hydrogens (tertiary/aromatic N) is 2. The van der Waals surface area contributed by atoms with Crippen LogP contribution in [0.5, 0.6) is 0 Å². The van der Waals surface area contributed by atoms with Gasteiger partial charge in [0, 0.05) is 15.6 Å². The average molecular weight is 430 g/mol. The van der Waals surface area contributed by atoms with Gasteiger partial charge in [-0.2, -0.15) is 0 Å². The number of hydrogen-bond acceptors (Lipinski definition) is 2. The van der Waals surface area contributed by atoms with Gasteiger partial charge in [0.15, 0.2) is 5.69 Å². The van der Waals surface area contributed by atoms with E-state index in [2.05, 4.69) is 4.98 Å². The Hall–Kier alpha value is -1.72. The highest BCUT2D eigenvalue weighted by Crippen LogP contribution is 2.31. The summed E-state index contributed by atoms with van der Waals surface area (Å²) in [7, 11) is 0. The van der Waals surface area contributed by atoms with Gasteiger partial charge in [-0.1, -0.05) is 46.4 Å². The maximum Gasteiger partial charge on any atom is 0.354 e. The highest BCUT2D eigenvalue weighted by atomic mass is 35.5. The quantitative estimate of drug-likeness (QED) is 0.535. The number of aromatic nitrogens is 2. The van der Waals surface area contributed by atoms with Gasteiger partial charge >= 0.3 is 5.97 Å². The normalized spacial score (nSPS) is 11.0. The van der Waals surface area contributed by atoms with Crippen LogP contribution in [0.25, 0.3) is 11.4 Å². The monoisotopic (exact) mass is 428 g/mol. The third-order valence-electron chi connectivity index (χ3n) is 3.86. The van der Waals surface area contributed by atoms with E-state index < -0.39 is 5.97 Å². The molecule has 0 unspecified atom stereocenters. The number of benzene rings is 2. The molecule has 0 aliphatic carbocycles. The molecule has 26 heavy (non-hydrogen) atoms. The van der Waals surface area contributed by atoms with Gasteiger partial charge in [0.25, 0.3) is 0 Å². The van der Waals surface area contributed by atoms with Crippen molar-refractivity contribution < 1.29 is 9.90 Å². The zero-order valence-corrected chi connectivity index (χ0v) is 16.5. The van der Waals surface area contributed by atoms with E-state index in [1.54, 1.807) is 47.9 Å². The Morgan fingerprint density at radius 3 is 2.38 bits per heavy atom. The van der Waals surface area contributed by atoms with Gasteiger partial charge in [-0.3, -0.25) is 0 Å². The summed E-state index contributed by atoms with van der Waals surface area (Å²) in [5.41, 5.74) is 1.78. The molecule has 0 amide bonds. The molecule has 0 aliphatic rings. The van der Waals surface area contributed by atoms with E-state index in [9.17, 15) is 9.90 Å². The molecule has 1 N–H and O–H groups in total. The first-order valence-electron chi connectivity index (χ1n) is 7.47. The van der Waals surface area contributed by atoms with Crippen LogP contribution in [-0.4, -0.2) is 20.6 Å². The molecule has 0 aliphatic heterocycles. The molecule has 4 nitrogen and oxygen atoms in total. The fourth-order valence-electron chi connectivity index (χ4n) is 2.69. The summed E-state index contributed by atoms with van der Waals surface area (Å²) in [6.45, 7) is 1.83. The number of halogens is 4. The Bertz CT molecular complexity index is 1010. The van der Waals surface area contributed by atoms with E-state index in [4.69, 9.17) is 46.4 Å². The van der Waals surface area contributed by atoms with Crippen molar-refractivity contribution in [1.82, 2.24) is 9.55 Å². The molecule has 3 rings (SSSR count). The Kier molecular flexibility index (Phi) is 5.49. The molecular weight excluding hydrogens is 418 g/mol. The molecule has 1 aromatic heterocycles. The fourth-order valence-corrected chi connectivity index (χ4v) is 3.36. The van der Waals surface area contributed by atoms with Gasteiger partial charge in [0.2, 0.25) is 0 Å². The van der Waals surface area contributed by atoms with E-state index in [0.717, 1.165) is 0 Å². The SMILES string of the molecule is Cc1nc(-c2ccc(Cl)c(Cl)c2)n(Cc2cc(Cl)ccc2Cl)c1C(=O)O. The van der Waals surface area contributed by atoms with Crippen LogP contribution in [0.3, 0.4) is 0 Å². The summed E-state index contributed by atoms with van der Waals surface area (Å²) >= 11 is 24.4. The predicted octanol–water partition coefficient (Wildman–Crippen LogP) is 6.22. The van der Waals surface area contributed by atoms with Crippen molar-refractivity contribution in [3.63, 3.8) is 0 Å². The largest absolute Gasteiger partial charge is 0.477 e. The van der Waals surface area contributed by atoms with Crippen molar-refractivity contribution in [3.05, 3.63) is 73.4 Å². The van der Waals surface area contributed by atoms with Crippen molar-refractivity contribution in [2.75, 3.05) is 0 Å². The number of rotatable bonds is 4. The zero-order valence-electron chi connectivity index (χ0n) is 13.4.